The normalized spacial score (nSPS) is 33.4. The van der Waals surface area contributed by atoms with E-state index in [1.807, 2.05) is 0 Å². The first-order chi connectivity index (χ1) is 18.0. The number of rotatable bonds is 1. The van der Waals surface area contributed by atoms with Gasteiger partial charge in [0.25, 0.3) is 5.92 Å². The predicted molar refractivity (Wildman–Crippen MR) is 124 cm³/mol. The minimum atomic E-state index is -4.75. The minimum Gasteiger partial charge on any atom is -0.453 e. The summed E-state index contributed by atoms with van der Waals surface area (Å²) in [5.74, 6) is -9.19. The van der Waals surface area contributed by atoms with Crippen LogP contribution in [-0.4, -0.2) is 78.6 Å². The van der Waals surface area contributed by atoms with E-state index in [0.29, 0.717) is 4.90 Å². The molecule has 39 heavy (non-hydrogen) atoms. The van der Waals surface area contributed by atoms with Crippen molar-refractivity contribution < 1.29 is 45.9 Å². The van der Waals surface area contributed by atoms with E-state index in [0.717, 1.165) is 7.11 Å². The Labute approximate surface area is 222 Å². The number of alkyl carbamates (subject to hydrolysis) is 1. The van der Waals surface area contributed by atoms with E-state index in [1.54, 1.807) is 6.07 Å². The zero-order valence-electron chi connectivity index (χ0n) is 21.7. The van der Waals surface area contributed by atoms with Crippen LogP contribution < -0.4 is 16.0 Å². The third-order valence-corrected chi connectivity index (χ3v) is 7.87. The molecule has 218 valence electrons. The maximum absolute atomic E-state index is 15.0. The molecule has 6 atom stereocenters. The Kier molecular flexibility index (Phi) is 8.66. The van der Waals surface area contributed by atoms with Crippen molar-refractivity contribution in [2.45, 2.75) is 88.6 Å². The molecule has 0 radical (unpaired) electrons. The average molecular weight is 566 g/mol. The number of alkyl halides is 5. The standard InChI is InChI=1S/C24H32F5N5O5/c1-22(2)5-4-6-23(25,26)16-8-12(18(35)32-16)7-14(10-30)31-19(36)15-9-13(24(27,28)29)11-34(15)20(37)17(22)33-21(38)39-3/h12-17H,4-9,11H2,1-3H3,(H,31,36)(H,32,35)(H,33,38)/t12-,13-,14?,15+,16+,17-/m1/s1. The molecule has 0 aromatic heterocycles. The molecule has 4 amide bonds. The molecule has 0 aliphatic carbocycles. The molecular weight excluding hydrogens is 533 g/mol. The Morgan fingerprint density at radius 3 is 2.36 bits per heavy atom. The van der Waals surface area contributed by atoms with Crippen LogP contribution in [0, 0.1) is 28.6 Å². The fourth-order valence-electron chi connectivity index (χ4n) is 5.52. The second-order valence-corrected chi connectivity index (χ2v) is 11.1. The molecule has 0 aromatic rings. The van der Waals surface area contributed by atoms with Crippen LogP contribution in [-0.2, 0) is 19.1 Å². The Hall–Kier alpha value is -3.18. The van der Waals surface area contributed by atoms with Crippen molar-refractivity contribution in [2.24, 2.45) is 17.3 Å². The minimum absolute atomic E-state index is 0.0585. The lowest BCUT2D eigenvalue weighted by atomic mass is 9.78. The van der Waals surface area contributed by atoms with Crippen LogP contribution in [0.2, 0.25) is 0 Å². The van der Waals surface area contributed by atoms with Crippen molar-refractivity contribution in [1.82, 2.24) is 20.9 Å². The number of hydrogen-bond acceptors (Lipinski definition) is 6. The highest BCUT2D eigenvalue weighted by atomic mass is 19.4. The van der Waals surface area contributed by atoms with Crippen LogP contribution in [0.5, 0.6) is 0 Å². The highest BCUT2D eigenvalue weighted by Crippen LogP contribution is 2.40. The molecule has 3 aliphatic heterocycles. The lowest BCUT2D eigenvalue weighted by Gasteiger charge is -2.38. The number of carbonyl (C=O) groups is 4. The second-order valence-electron chi connectivity index (χ2n) is 11.1. The van der Waals surface area contributed by atoms with Gasteiger partial charge >= 0.3 is 12.3 Å². The van der Waals surface area contributed by atoms with E-state index >= 15 is 8.78 Å². The zero-order chi connectivity index (χ0) is 29.3. The maximum atomic E-state index is 15.0. The van der Waals surface area contributed by atoms with Crippen LogP contribution in [0.1, 0.15) is 52.4 Å². The van der Waals surface area contributed by atoms with Gasteiger partial charge in [0.15, 0.2) is 0 Å². The van der Waals surface area contributed by atoms with Gasteiger partial charge in [-0.05, 0) is 37.5 Å². The summed E-state index contributed by atoms with van der Waals surface area (Å²) in [6, 6.07) is -4.28. The van der Waals surface area contributed by atoms with Crippen molar-refractivity contribution in [3.8, 4) is 6.07 Å². The molecule has 1 unspecified atom stereocenters. The van der Waals surface area contributed by atoms with E-state index in [-0.39, 0.29) is 25.7 Å². The van der Waals surface area contributed by atoms with Crippen LogP contribution in [0.3, 0.4) is 0 Å². The predicted octanol–water partition coefficient (Wildman–Crippen LogP) is 2.24. The van der Waals surface area contributed by atoms with Crippen molar-refractivity contribution in [1.29, 1.82) is 5.26 Å². The number of carbonyl (C=O) groups excluding carboxylic acids is 4. The largest absolute Gasteiger partial charge is 0.453 e. The summed E-state index contributed by atoms with van der Waals surface area (Å²) in [6.07, 6.45) is -8.10. The summed E-state index contributed by atoms with van der Waals surface area (Å²) in [7, 11) is 1.01. The van der Waals surface area contributed by atoms with Crippen molar-refractivity contribution in [3.63, 3.8) is 0 Å². The number of amides is 4. The molecule has 10 nitrogen and oxygen atoms in total. The van der Waals surface area contributed by atoms with Crippen LogP contribution in [0.15, 0.2) is 0 Å². The van der Waals surface area contributed by atoms with Gasteiger partial charge in [0.1, 0.15) is 18.1 Å². The fraction of sp³-hybridized carbons (Fsp3) is 0.792. The molecule has 0 aromatic carbocycles. The molecule has 3 aliphatic rings. The lowest BCUT2D eigenvalue weighted by Crippen LogP contribution is -2.59. The quantitative estimate of drug-likeness (QED) is 0.417. The SMILES string of the molecule is COC(=O)N[C@@H]1C(=O)N2C[C@H](C(F)(F)F)C[C@H]2C(=O)NC(C#N)C[C@@H]2C[C@H](NC2=O)C(F)(F)CCCC1(C)C. The van der Waals surface area contributed by atoms with Crippen LogP contribution in [0.25, 0.3) is 0 Å². The van der Waals surface area contributed by atoms with Gasteiger partial charge in [-0.2, -0.15) is 18.4 Å². The Morgan fingerprint density at radius 1 is 1.10 bits per heavy atom. The first kappa shape index (κ1) is 30.4. The Balaban J connectivity index is 2.03. The fourth-order valence-corrected chi connectivity index (χ4v) is 5.52. The number of nitrogens with one attached hydrogen (secondary N) is 3. The van der Waals surface area contributed by atoms with E-state index in [2.05, 4.69) is 20.7 Å². The van der Waals surface area contributed by atoms with Crippen molar-refractivity contribution in [2.75, 3.05) is 13.7 Å². The summed E-state index contributed by atoms with van der Waals surface area (Å²) in [4.78, 5) is 52.0. The van der Waals surface area contributed by atoms with Gasteiger partial charge in [-0.3, -0.25) is 14.4 Å². The average Bonchev–Trinajstić information content (AvgIpc) is 3.45. The Morgan fingerprint density at radius 2 is 1.77 bits per heavy atom. The molecule has 3 heterocycles. The van der Waals surface area contributed by atoms with Gasteiger partial charge < -0.3 is 25.6 Å². The maximum Gasteiger partial charge on any atom is 0.407 e. The second kappa shape index (κ2) is 11.1. The van der Waals surface area contributed by atoms with Gasteiger partial charge in [-0.15, -0.1) is 0 Å². The van der Waals surface area contributed by atoms with Crippen molar-refractivity contribution >= 4 is 23.8 Å². The van der Waals surface area contributed by atoms with E-state index in [9.17, 15) is 37.6 Å². The molecule has 2 bridgehead atoms. The topological polar surface area (TPSA) is 141 Å². The highest BCUT2D eigenvalue weighted by Gasteiger charge is 2.54. The first-order valence-corrected chi connectivity index (χ1v) is 12.6. The highest BCUT2D eigenvalue weighted by molar-refractivity contribution is 5.92. The lowest BCUT2D eigenvalue weighted by molar-refractivity contribution is -0.171. The molecule has 3 saturated heterocycles. The van der Waals surface area contributed by atoms with E-state index in [4.69, 9.17) is 0 Å². The van der Waals surface area contributed by atoms with Crippen molar-refractivity contribution in [3.05, 3.63) is 0 Å². The third-order valence-electron chi connectivity index (χ3n) is 7.87. The smallest absolute Gasteiger partial charge is 0.407 e. The molecule has 3 rings (SSSR count). The number of nitriles is 1. The first-order valence-electron chi connectivity index (χ1n) is 12.6. The molecule has 0 spiro atoms. The summed E-state index contributed by atoms with van der Waals surface area (Å²) in [5, 5.41) is 16.4. The molecular formula is C24H32F5N5O5. The molecule has 15 heteroatoms. The molecule has 0 saturated carbocycles. The summed E-state index contributed by atoms with van der Waals surface area (Å²) >= 11 is 0. The third kappa shape index (κ3) is 6.70. The zero-order valence-corrected chi connectivity index (χ0v) is 21.7. The van der Waals surface area contributed by atoms with E-state index in [1.165, 1.54) is 13.8 Å². The van der Waals surface area contributed by atoms with Gasteiger partial charge in [-0.1, -0.05) is 13.8 Å². The number of halogens is 5. The van der Waals surface area contributed by atoms with Gasteiger partial charge in [0.05, 0.1) is 25.1 Å². The Bertz CT molecular complexity index is 1030. The molecule has 3 N–H and O–H groups in total. The number of fused-ring (bicyclic) bond motifs is 3. The number of ether oxygens (including phenoxy) is 1. The number of hydrogen-bond donors (Lipinski definition) is 3. The summed E-state index contributed by atoms with van der Waals surface area (Å²) in [5.41, 5.74) is -1.26. The summed E-state index contributed by atoms with van der Waals surface area (Å²) in [6.45, 7) is 2.09. The van der Waals surface area contributed by atoms with Gasteiger partial charge in [-0.25, -0.2) is 13.6 Å². The van der Waals surface area contributed by atoms with Gasteiger partial charge in [0.2, 0.25) is 17.7 Å². The van der Waals surface area contributed by atoms with E-state index < -0.39 is 96.7 Å². The van der Waals surface area contributed by atoms with Crippen LogP contribution >= 0.6 is 0 Å². The summed E-state index contributed by atoms with van der Waals surface area (Å²) < 4.78 is 75.7. The van der Waals surface area contributed by atoms with Crippen LogP contribution in [0.4, 0.5) is 26.7 Å². The number of methoxy groups -OCH3 is 1. The number of nitrogens with zero attached hydrogens (tertiary/aromatic N) is 2. The molecule has 3 fully saturated rings. The van der Waals surface area contributed by atoms with Gasteiger partial charge in [0, 0.05) is 18.9 Å². The monoisotopic (exact) mass is 565 g/mol.